The summed E-state index contributed by atoms with van der Waals surface area (Å²) in [6.45, 7) is 1.48. The molecule has 4 nitrogen and oxygen atoms in total. The molecular formula is C15H18F2N2O2. The van der Waals surface area contributed by atoms with Gasteiger partial charge in [0, 0.05) is 13.1 Å². The van der Waals surface area contributed by atoms with Crippen molar-refractivity contribution in [2.75, 3.05) is 19.6 Å². The van der Waals surface area contributed by atoms with E-state index in [1.165, 1.54) is 12.1 Å². The molecule has 0 bridgehead atoms. The predicted molar refractivity (Wildman–Crippen MR) is 73.0 cm³/mol. The summed E-state index contributed by atoms with van der Waals surface area (Å²) in [5, 5.41) is 19.6. The molecule has 0 aliphatic carbocycles. The standard InChI is InChI=1S/C15H18F2N2O2/c1-2-19-7-5-15(20,6-8-19)12-4-3-11(10-18)13(9-12)21-14(16)17/h3-4,9,14,20H,2,5-8H2,1H3. The monoisotopic (exact) mass is 296 g/mol. The Hall–Kier alpha value is -1.71. The predicted octanol–water partition coefficient (Wildman–Crippen LogP) is 2.46. The van der Waals surface area contributed by atoms with Crippen LogP contribution in [0.2, 0.25) is 0 Å². The van der Waals surface area contributed by atoms with E-state index in [0.717, 1.165) is 19.6 Å². The average molecular weight is 296 g/mol. The lowest BCUT2D eigenvalue weighted by Crippen LogP contribution is -2.42. The Kier molecular flexibility index (Phi) is 4.76. The third kappa shape index (κ3) is 3.49. The summed E-state index contributed by atoms with van der Waals surface area (Å²) in [6, 6.07) is 6.19. The van der Waals surface area contributed by atoms with Gasteiger partial charge in [-0.15, -0.1) is 0 Å². The summed E-state index contributed by atoms with van der Waals surface area (Å²) >= 11 is 0. The number of rotatable bonds is 4. The van der Waals surface area contributed by atoms with Gasteiger partial charge in [0.05, 0.1) is 11.2 Å². The van der Waals surface area contributed by atoms with Gasteiger partial charge in [0.25, 0.3) is 0 Å². The molecule has 1 aromatic rings. The molecule has 1 heterocycles. The molecule has 0 saturated carbocycles. The highest BCUT2D eigenvalue weighted by molar-refractivity contribution is 5.46. The van der Waals surface area contributed by atoms with E-state index in [-0.39, 0.29) is 11.3 Å². The number of nitriles is 1. The van der Waals surface area contributed by atoms with Crippen molar-refractivity contribution in [3.05, 3.63) is 29.3 Å². The molecule has 1 N–H and O–H groups in total. The average Bonchev–Trinajstić information content (AvgIpc) is 2.47. The minimum absolute atomic E-state index is 0.0358. The lowest BCUT2D eigenvalue weighted by atomic mass is 9.84. The molecule has 1 saturated heterocycles. The van der Waals surface area contributed by atoms with Crippen LogP contribution in [0.15, 0.2) is 18.2 Å². The maximum Gasteiger partial charge on any atom is 0.387 e. The molecule has 1 aliphatic heterocycles. The van der Waals surface area contributed by atoms with E-state index in [0.29, 0.717) is 18.4 Å². The Morgan fingerprint density at radius 3 is 2.62 bits per heavy atom. The normalized spacial score (nSPS) is 18.5. The molecule has 1 aliphatic rings. The molecule has 0 atom stereocenters. The molecule has 0 unspecified atom stereocenters. The van der Waals surface area contributed by atoms with E-state index in [1.54, 1.807) is 6.07 Å². The van der Waals surface area contributed by atoms with Gasteiger partial charge in [0.2, 0.25) is 0 Å². The second kappa shape index (κ2) is 6.37. The third-order valence-electron chi connectivity index (χ3n) is 3.99. The second-order valence-electron chi connectivity index (χ2n) is 5.17. The molecule has 0 amide bonds. The second-order valence-corrected chi connectivity index (χ2v) is 5.17. The number of hydrogen-bond acceptors (Lipinski definition) is 4. The Labute approximate surface area is 122 Å². The van der Waals surface area contributed by atoms with Gasteiger partial charge in [-0.1, -0.05) is 13.0 Å². The topological polar surface area (TPSA) is 56.5 Å². The van der Waals surface area contributed by atoms with Gasteiger partial charge in [-0.2, -0.15) is 14.0 Å². The van der Waals surface area contributed by atoms with Crippen LogP contribution in [-0.4, -0.2) is 36.3 Å². The van der Waals surface area contributed by atoms with E-state index in [9.17, 15) is 13.9 Å². The molecule has 114 valence electrons. The van der Waals surface area contributed by atoms with Gasteiger partial charge in [-0.25, -0.2) is 0 Å². The van der Waals surface area contributed by atoms with E-state index >= 15 is 0 Å². The maximum atomic E-state index is 12.4. The number of nitrogens with zero attached hydrogens (tertiary/aromatic N) is 2. The van der Waals surface area contributed by atoms with Crippen LogP contribution >= 0.6 is 0 Å². The number of alkyl halides is 2. The highest BCUT2D eigenvalue weighted by Gasteiger charge is 2.34. The fraction of sp³-hybridized carbons (Fsp3) is 0.533. The molecule has 0 spiro atoms. The Morgan fingerprint density at radius 2 is 2.10 bits per heavy atom. The largest absolute Gasteiger partial charge is 0.433 e. The molecule has 21 heavy (non-hydrogen) atoms. The van der Waals surface area contributed by atoms with Crippen molar-refractivity contribution in [2.45, 2.75) is 32.0 Å². The van der Waals surface area contributed by atoms with Crippen LogP contribution in [0.3, 0.4) is 0 Å². The number of hydrogen-bond donors (Lipinski definition) is 1. The number of likely N-dealkylation sites (tertiary alicyclic amines) is 1. The zero-order chi connectivity index (χ0) is 15.5. The first-order valence-electron chi connectivity index (χ1n) is 6.92. The first-order chi connectivity index (χ1) is 9.98. The first-order valence-corrected chi connectivity index (χ1v) is 6.92. The highest BCUT2D eigenvalue weighted by atomic mass is 19.3. The SMILES string of the molecule is CCN1CCC(O)(c2ccc(C#N)c(OC(F)F)c2)CC1. The van der Waals surface area contributed by atoms with Crippen molar-refractivity contribution in [2.24, 2.45) is 0 Å². The number of aliphatic hydroxyl groups is 1. The van der Waals surface area contributed by atoms with Crippen molar-refractivity contribution in [3.8, 4) is 11.8 Å². The minimum Gasteiger partial charge on any atom is -0.433 e. The first kappa shape index (κ1) is 15.7. The smallest absolute Gasteiger partial charge is 0.387 e. The molecule has 1 fully saturated rings. The third-order valence-corrected chi connectivity index (χ3v) is 3.99. The van der Waals surface area contributed by atoms with Gasteiger partial charge in [-0.05, 0) is 37.1 Å². The van der Waals surface area contributed by atoms with Crippen molar-refractivity contribution < 1.29 is 18.6 Å². The molecule has 0 radical (unpaired) electrons. The van der Waals surface area contributed by atoms with Crippen molar-refractivity contribution >= 4 is 0 Å². The number of ether oxygens (including phenoxy) is 1. The van der Waals surface area contributed by atoms with Crippen molar-refractivity contribution in [3.63, 3.8) is 0 Å². The highest BCUT2D eigenvalue weighted by Crippen LogP contribution is 2.35. The van der Waals surface area contributed by atoms with Crippen LogP contribution in [0.4, 0.5) is 8.78 Å². The van der Waals surface area contributed by atoms with Crippen molar-refractivity contribution in [1.82, 2.24) is 4.90 Å². The van der Waals surface area contributed by atoms with Gasteiger partial charge in [-0.3, -0.25) is 0 Å². The Bertz CT molecular complexity index is 535. The number of benzene rings is 1. The fourth-order valence-corrected chi connectivity index (χ4v) is 2.63. The van der Waals surface area contributed by atoms with Gasteiger partial charge in [0.15, 0.2) is 0 Å². The van der Waals surface area contributed by atoms with Crippen LogP contribution in [0, 0.1) is 11.3 Å². The van der Waals surface area contributed by atoms with Crippen LogP contribution < -0.4 is 4.74 Å². The van der Waals surface area contributed by atoms with Crippen LogP contribution in [0.5, 0.6) is 5.75 Å². The molecule has 1 aromatic carbocycles. The van der Waals surface area contributed by atoms with E-state index < -0.39 is 12.2 Å². The van der Waals surface area contributed by atoms with E-state index in [1.807, 2.05) is 6.07 Å². The molecule has 6 heteroatoms. The van der Waals surface area contributed by atoms with Gasteiger partial charge in [0.1, 0.15) is 11.8 Å². The van der Waals surface area contributed by atoms with E-state index in [4.69, 9.17) is 5.26 Å². The Balaban J connectivity index is 2.26. The summed E-state index contributed by atoms with van der Waals surface area (Å²) in [7, 11) is 0. The lowest BCUT2D eigenvalue weighted by molar-refractivity contribution is -0.0513. The number of piperidine rings is 1. The van der Waals surface area contributed by atoms with Crippen molar-refractivity contribution in [1.29, 1.82) is 5.26 Å². The quantitative estimate of drug-likeness (QED) is 0.927. The van der Waals surface area contributed by atoms with E-state index in [2.05, 4.69) is 16.6 Å². The number of halogens is 2. The summed E-state index contributed by atoms with van der Waals surface area (Å²) in [6.07, 6.45) is 1.06. The fourth-order valence-electron chi connectivity index (χ4n) is 2.63. The molecule has 0 aromatic heterocycles. The zero-order valence-electron chi connectivity index (χ0n) is 11.9. The molecular weight excluding hydrogens is 278 g/mol. The summed E-state index contributed by atoms with van der Waals surface area (Å²) in [5.41, 5.74) is -0.499. The summed E-state index contributed by atoms with van der Waals surface area (Å²) in [5.74, 6) is -0.184. The zero-order valence-corrected chi connectivity index (χ0v) is 11.9. The summed E-state index contributed by atoms with van der Waals surface area (Å²) in [4.78, 5) is 2.22. The van der Waals surface area contributed by atoms with Gasteiger partial charge >= 0.3 is 6.61 Å². The van der Waals surface area contributed by atoms with Crippen LogP contribution in [0.1, 0.15) is 30.9 Å². The maximum absolute atomic E-state index is 12.4. The van der Waals surface area contributed by atoms with Gasteiger partial charge < -0.3 is 14.7 Å². The van der Waals surface area contributed by atoms with Crippen LogP contribution in [-0.2, 0) is 5.60 Å². The lowest BCUT2D eigenvalue weighted by Gasteiger charge is -2.38. The Morgan fingerprint density at radius 1 is 1.43 bits per heavy atom. The van der Waals surface area contributed by atoms with Crippen LogP contribution in [0.25, 0.3) is 0 Å². The molecule has 2 rings (SSSR count). The summed E-state index contributed by atoms with van der Waals surface area (Å²) < 4.78 is 29.2. The minimum atomic E-state index is -3.00.